The van der Waals surface area contributed by atoms with Gasteiger partial charge in [-0.25, -0.2) is 9.59 Å². The van der Waals surface area contributed by atoms with Crippen LogP contribution in [0.3, 0.4) is 0 Å². The third kappa shape index (κ3) is 5.99. The van der Waals surface area contributed by atoms with Crippen LogP contribution < -0.4 is 10.6 Å². The van der Waals surface area contributed by atoms with E-state index < -0.39 is 23.7 Å². The monoisotopic (exact) mass is 567 g/mol. The zero-order valence-electron chi connectivity index (χ0n) is 22.9. The number of H-pyrrole nitrogens is 1. The number of anilines is 2. The highest BCUT2D eigenvalue weighted by Gasteiger charge is 2.30. The first kappa shape index (κ1) is 28.1. The van der Waals surface area contributed by atoms with Crippen molar-refractivity contribution in [3.8, 4) is 0 Å². The number of hydrogen-bond acceptors (Lipinski definition) is 6. The number of benzene rings is 3. The van der Waals surface area contributed by atoms with Crippen LogP contribution in [0.25, 0.3) is 10.9 Å². The number of Topliss-reactive ketones (excluding diaryl/α,β-unsaturated/α-hetero) is 1. The highest BCUT2D eigenvalue weighted by atomic mass is 16.5. The lowest BCUT2D eigenvalue weighted by molar-refractivity contribution is -0.127. The summed E-state index contributed by atoms with van der Waals surface area (Å²) in [6.45, 7) is 3.09. The Kier molecular flexibility index (Phi) is 8.28. The van der Waals surface area contributed by atoms with Gasteiger partial charge in [-0.15, -0.1) is 0 Å². The Bertz CT molecular complexity index is 1660. The number of amides is 4. The molecule has 1 aromatic heterocycles. The van der Waals surface area contributed by atoms with Crippen molar-refractivity contribution >= 4 is 51.9 Å². The standard InChI is InChI=1S/C31H29N5O6/c1-2-42-30(40)21-10-6-11-22(18-21)33-31(41)34-25-13-7-12-23-24(19-32-26(23)25)27(37)29(39)36-16-14-35(15-17-36)28(38)20-8-4-3-5-9-20/h3-13,18-19,32H,2,14-17H2,1H3,(H2,33,34,41). The van der Waals surface area contributed by atoms with Gasteiger partial charge in [0.15, 0.2) is 0 Å². The third-order valence-corrected chi connectivity index (χ3v) is 6.91. The molecule has 5 rings (SSSR count). The molecule has 0 aliphatic carbocycles. The van der Waals surface area contributed by atoms with Crippen LogP contribution in [0.4, 0.5) is 16.2 Å². The smallest absolute Gasteiger partial charge is 0.338 e. The van der Waals surface area contributed by atoms with Gasteiger partial charge in [0.1, 0.15) is 0 Å². The topological polar surface area (TPSA) is 141 Å². The van der Waals surface area contributed by atoms with E-state index in [0.29, 0.717) is 46.5 Å². The third-order valence-electron chi connectivity index (χ3n) is 6.91. The molecule has 1 fully saturated rings. The SMILES string of the molecule is CCOC(=O)c1cccc(NC(=O)Nc2cccc3c(C(=O)C(=O)N4CCN(C(=O)c5ccccc5)CC4)c[nH]c23)c1. The molecule has 3 N–H and O–H groups in total. The maximum Gasteiger partial charge on any atom is 0.338 e. The van der Waals surface area contributed by atoms with Crippen LogP contribution in [0.5, 0.6) is 0 Å². The fourth-order valence-electron chi connectivity index (χ4n) is 4.80. The van der Waals surface area contributed by atoms with E-state index in [0.717, 1.165) is 0 Å². The van der Waals surface area contributed by atoms with Gasteiger partial charge in [-0.05, 0) is 43.3 Å². The summed E-state index contributed by atoms with van der Waals surface area (Å²) in [5.41, 5.74) is 2.33. The van der Waals surface area contributed by atoms with Gasteiger partial charge in [-0.2, -0.15) is 0 Å². The highest BCUT2D eigenvalue weighted by Crippen LogP contribution is 2.27. The van der Waals surface area contributed by atoms with E-state index in [1.54, 1.807) is 72.5 Å². The molecular formula is C31H29N5O6. The van der Waals surface area contributed by atoms with Crippen LogP contribution in [0.2, 0.25) is 0 Å². The summed E-state index contributed by atoms with van der Waals surface area (Å²) in [7, 11) is 0. The number of urea groups is 1. The Hall–Kier alpha value is -5.45. The lowest BCUT2D eigenvalue weighted by Gasteiger charge is -2.34. The van der Waals surface area contributed by atoms with Crippen molar-refractivity contribution in [1.29, 1.82) is 0 Å². The van der Waals surface area contributed by atoms with Crippen molar-refractivity contribution < 1.29 is 28.7 Å². The Morgan fingerprint density at radius 3 is 2.24 bits per heavy atom. The number of carbonyl (C=O) groups excluding carboxylic acids is 5. The molecular weight excluding hydrogens is 538 g/mol. The second kappa shape index (κ2) is 12.4. The quantitative estimate of drug-likeness (QED) is 0.174. The molecule has 214 valence electrons. The molecule has 0 bridgehead atoms. The number of fused-ring (bicyclic) bond motifs is 1. The van der Waals surface area contributed by atoms with E-state index in [9.17, 15) is 24.0 Å². The Labute approximate surface area is 241 Å². The highest BCUT2D eigenvalue weighted by molar-refractivity contribution is 6.45. The molecule has 2 heterocycles. The minimum atomic E-state index is -0.679. The fourth-order valence-corrected chi connectivity index (χ4v) is 4.80. The van der Waals surface area contributed by atoms with E-state index in [1.165, 1.54) is 17.2 Å². The second-order valence-electron chi connectivity index (χ2n) is 9.59. The van der Waals surface area contributed by atoms with Gasteiger partial charge >= 0.3 is 12.0 Å². The number of hydrogen-bond donors (Lipinski definition) is 3. The number of nitrogens with zero attached hydrogens (tertiary/aromatic N) is 2. The number of para-hydroxylation sites is 1. The molecule has 4 amide bonds. The lowest BCUT2D eigenvalue weighted by Crippen LogP contribution is -2.52. The maximum absolute atomic E-state index is 13.2. The Balaban J connectivity index is 1.23. The van der Waals surface area contributed by atoms with E-state index in [-0.39, 0.29) is 31.2 Å². The summed E-state index contributed by atoms with van der Waals surface area (Å²) >= 11 is 0. The van der Waals surface area contributed by atoms with E-state index in [4.69, 9.17) is 4.74 Å². The summed E-state index contributed by atoms with van der Waals surface area (Å²) in [6.07, 6.45) is 1.45. The van der Waals surface area contributed by atoms with Crippen LogP contribution in [-0.2, 0) is 9.53 Å². The summed E-state index contributed by atoms with van der Waals surface area (Å²) < 4.78 is 5.00. The predicted molar refractivity (Wildman–Crippen MR) is 157 cm³/mol. The first-order chi connectivity index (χ1) is 20.4. The van der Waals surface area contributed by atoms with Crippen molar-refractivity contribution in [3.63, 3.8) is 0 Å². The normalized spacial score (nSPS) is 13.0. The van der Waals surface area contributed by atoms with Crippen molar-refractivity contribution in [3.05, 3.63) is 95.7 Å². The van der Waals surface area contributed by atoms with Gasteiger partial charge in [0.25, 0.3) is 17.6 Å². The minimum absolute atomic E-state index is 0.110. The average molecular weight is 568 g/mol. The molecule has 0 saturated carbocycles. The first-order valence-corrected chi connectivity index (χ1v) is 13.5. The van der Waals surface area contributed by atoms with Crippen molar-refractivity contribution in [1.82, 2.24) is 14.8 Å². The van der Waals surface area contributed by atoms with Crippen molar-refractivity contribution in [2.75, 3.05) is 43.4 Å². The zero-order valence-corrected chi connectivity index (χ0v) is 22.9. The Morgan fingerprint density at radius 2 is 1.50 bits per heavy atom. The fraction of sp³-hybridized carbons (Fsp3) is 0.194. The van der Waals surface area contributed by atoms with Gasteiger partial charge in [0, 0.05) is 49.0 Å². The van der Waals surface area contributed by atoms with E-state index in [2.05, 4.69) is 15.6 Å². The molecule has 4 aromatic rings. The summed E-state index contributed by atoms with van der Waals surface area (Å²) in [6, 6.07) is 19.7. The molecule has 1 saturated heterocycles. The van der Waals surface area contributed by atoms with Gasteiger partial charge < -0.3 is 30.2 Å². The molecule has 11 heteroatoms. The van der Waals surface area contributed by atoms with Gasteiger partial charge in [0.2, 0.25) is 0 Å². The van der Waals surface area contributed by atoms with Crippen LogP contribution in [0.15, 0.2) is 79.0 Å². The van der Waals surface area contributed by atoms with E-state index in [1.807, 2.05) is 6.07 Å². The molecule has 0 radical (unpaired) electrons. The molecule has 11 nitrogen and oxygen atoms in total. The maximum atomic E-state index is 13.2. The van der Waals surface area contributed by atoms with Crippen LogP contribution in [0, 0.1) is 0 Å². The molecule has 1 aliphatic heterocycles. The number of piperazine rings is 1. The van der Waals surface area contributed by atoms with Crippen LogP contribution in [0.1, 0.15) is 38.0 Å². The minimum Gasteiger partial charge on any atom is -0.462 e. The Morgan fingerprint density at radius 1 is 0.810 bits per heavy atom. The number of ether oxygens (including phenoxy) is 1. The summed E-state index contributed by atoms with van der Waals surface area (Å²) in [5.74, 6) is -1.94. The molecule has 0 atom stereocenters. The number of nitrogens with one attached hydrogen (secondary N) is 3. The van der Waals surface area contributed by atoms with Crippen LogP contribution >= 0.6 is 0 Å². The average Bonchev–Trinajstić information content (AvgIpc) is 3.46. The molecule has 0 unspecified atom stereocenters. The van der Waals surface area contributed by atoms with Gasteiger partial charge in [0.05, 0.1) is 28.9 Å². The van der Waals surface area contributed by atoms with Crippen molar-refractivity contribution in [2.24, 2.45) is 0 Å². The first-order valence-electron chi connectivity index (χ1n) is 13.5. The molecule has 1 aliphatic rings. The number of aromatic nitrogens is 1. The second-order valence-corrected chi connectivity index (χ2v) is 9.59. The number of rotatable bonds is 7. The van der Waals surface area contributed by atoms with Gasteiger partial charge in [-0.3, -0.25) is 14.4 Å². The van der Waals surface area contributed by atoms with Crippen LogP contribution in [-0.4, -0.2) is 77.2 Å². The molecule has 3 aromatic carbocycles. The zero-order chi connectivity index (χ0) is 29.6. The summed E-state index contributed by atoms with van der Waals surface area (Å²) in [5, 5.41) is 5.90. The number of ketones is 1. The van der Waals surface area contributed by atoms with Crippen molar-refractivity contribution in [2.45, 2.75) is 6.92 Å². The molecule has 42 heavy (non-hydrogen) atoms. The summed E-state index contributed by atoms with van der Waals surface area (Å²) in [4.78, 5) is 69.9. The number of aromatic amines is 1. The lowest BCUT2D eigenvalue weighted by atomic mass is 10.1. The van der Waals surface area contributed by atoms with Gasteiger partial charge in [-0.1, -0.05) is 36.4 Å². The molecule has 0 spiro atoms. The largest absolute Gasteiger partial charge is 0.462 e. The predicted octanol–water partition coefficient (Wildman–Crippen LogP) is 4.16. The number of esters is 1. The number of carbonyl (C=O) groups is 5. The van der Waals surface area contributed by atoms with E-state index >= 15 is 0 Å².